The van der Waals surface area contributed by atoms with Crippen LogP contribution in [-0.4, -0.2) is 22.4 Å². The molecule has 1 unspecified atom stereocenters. The first kappa shape index (κ1) is 10.7. The maximum Gasteiger partial charge on any atom is 0.169 e. The number of nitriles is 1. The third-order valence-electron chi connectivity index (χ3n) is 2.95. The van der Waals surface area contributed by atoms with Crippen molar-refractivity contribution < 1.29 is 9.47 Å². The fourth-order valence-electron chi connectivity index (χ4n) is 2.23. The van der Waals surface area contributed by atoms with Crippen LogP contribution in [0.5, 0.6) is 0 Å². The van der Waals surface area contributed by atoms with E-state index in [4.69, 9.17) is 14.7 Å². The van der Waals surface area contributed by atoms with Crippen molar-refractivity contribution in [3.8, 4) is 6.07 Å². The van der Waals surface area contributed by atoms with Crippen molar-refractivity contribution >= 4 is 22.6 Å². The van der Waals surface area contributed by atoms with Crippen molar-refractivity contribution in [3.05, 3.63) is 0 Å². The Kier molecular flexibility index (Phi) is 3.30. The van der Waals surface area contributed by atoms with Crippen molar-refractivity contribution in [1.29, 1.82) is 5.26 Å². The number of hydrogen-bond donors (Lipinski definition) is 0. The van der Waals surface area contributed by atoms with Crippen molar-refractivity contribution in [2.75, 3.05) is 4.43 Å². The maximum atomic E-state index is 8.58. The van der Waals surface area contributed by atoms with Gasteiger partial charge in [0.05, 0.1) is 24.7 Å². The highest BCUT2D eigenvalue weighted by atomic mass is 127. The quantitative estimate of drug-likeness (QED) is 0.581. The van der Waals surface area contributed by atoms with Gasteiger partial charge in [0, 0.05) is 17.3 Å². The van der Waals surface area contributed by atoms with Crippen molar-refractivity contribution in [2.45, 2.75) is 50.1 Å². The molecule has 0 amide bonds. The van der Waals surface area contributed by atoms with Crippen molar-refractivity contribution in [1.82, 2.24) is 0 Å². The van der Waals surface area contributed by atoms with E-state index < -0.39 is 0 Å². The summed E-state index contributed by atoms with van der Waals surface area (Å²) in [5.41, 5.74) is 0. The molecule has 0 aromatic carbocycles. The Morgan fingerprint density at radius 3 is 2.50 bits per heavy atom. The van der Waals surface area contributed by atoms with Gasteiger partial charge in [-0.2, -0.15) is 5.26 Å². The Hall–Kier alpha value is 0.140. The summed E-state index contributed by atoms with van der Waals surface area (Å²) in [5.74, 6) is -0.322. The Bertz CT molecular complexity index is 253. The van der Waals surface area contributed by atoms with Gasteiger partial charge >= 0.3 is 0 Å². The second kappa shape index (κ2) is 4.33. The van der Waals surface area contributed by atoms with Crippen LogP contribution < -0.4 is 0 Å². The summed E-state index contributed by atoms with van der Waals surface area (Å²) in [6, 6.07) is 2.16. The zero-order valence-corrected chi connectivity index (χ0v) is 10.2. The van der Waals surface area contributed by atoms with E-state index in [0.717, 1.165) is 30.1 Å². The van der Waals surface area contributed by atoms with Crippen LogP contribution in [0, 0.1) is 11.3 Å². The number of hydrogen-bond acceptors (Lipinski definition) is 3. The molecule has 2 rings (SSSR count). The molecular formula is C10H14INO2. The second-order valence-corrected chi connectivity index (χ2v) is 4.87. The average Bonchev–Trinajstić information content (AvgIpc) is 2.76. The highest BCUT2D eigenvalue weighted by Gasteiger charge is 2.46. The second-order valence-electron chi connectivity index (χ2n) is 3.98. The van der Waals surface area contributed by atoms with E-state index >= 15 is 0 Å². The van der Waals surface area contributed by atoms with E-state index in [9.17, 15) is 0 Å². The zero-order valence-electron chi connectivity index (χ0n) is 8.04. The van der Waals surface area contributed by atoms with Gasteiger partial charge in [-0.05, 0) is 12.8 Å². The summed E-state index contributed by atoms with van der Waals surface area (Å²) >= 11 is 2.35. The molecule has 0 saturated carbocycles. The SMILES string of the molecule is N#CC[C@H]1CCC2(CC[C@@H](CI)O2)O1. The molecule has 2 aliphatic heterocycles. The molecule has 0 bridgehead atoms. The maximum absolute atomic E-state index is 8.58. The van der Waals surface area contributed by atoms with Gasteiger partial charge in [-0.1, -0.05) is 22.6 Å². The minimum Gasteiger partial charge on any atom is -0.346 e. The molecule has 3 nitrogen and oxygen atoms in total. The molecule has 2 fully saturated rings. The molecule has 4 heteroatoms. The molecule has 0 N–H and O–H groups in total. The molecule has 14 heavy (non-hydrogen) atoms. The fraction of sp³-hybridized carbons (Fsp3) is 0.900. The Morgan fingerprint density at radius 2 is 1.93 bits per heavy atom. The predicted molar refractivity (Wildman–Crippen MR) is 60.1 cm³/mol. The van der Waals surface area contributed by atoms with Crippen LogP contribution in [0.15, 0.2) is 0 Å². The van der Waals surface area contributed by atoms with Gasteiger partial charge in [0.2, 0.25) is 0 Å². The van der Waals surface area contributed by atoms with Gasteiger partial charge in [0.15, 0.2) is 5.79 Å². The standard InChI is InChI=1S/C10H14INO2/c11-7-9-2-5-10(14-9)4-1-8(13-10)3-6-12/h8-9H,1-5,7H2/t8-,9+,10?/m1/s1. The molecule has 0 radical (unpaired) electrons. The first-order valence-corrected chi connectivity index (χ1v) is 6.59. The van der Waals surface area contributed by atoms with Gasteiger partial charge in [0.25, 0.3) is 0 Å². The Labute approximate surface area is 97.9 Å². The highest BCUT2D eigenvalue weighted by molar-refractivity contribution is 14.1. The van der Waals surface area contributed by atoms with Crippen molar-refractivity contribution in [3.63, 3.8) is 0 Å². The number of alkyl halides is 1. The van der Waals surface area contributed by atoms with Crippen LogP contribution in [0.1, 0.15) is 32.1 Å². The van der Waals surface area contributed by atoms with Gasteiger partial charge in [-0.25, -0.2) is 0 Å². The molecular weight excluding hydrogens is 293 g/mol. The predicted octanol–water partition coefficient (Wildman–Crippen LogP) is 2.39. The number of ether oxygens (including phenoxy) is 2. The summed E-state index contributed by atoms with van der Waals surface area (Å²) in [6.45, 7) is 0. The molecule has 78 valence electrons. The minimum absolute atomic E-state index is 0.105. The van der Waals surface area contributed by atoms with Crippen LogP contribution in [0.25, 0.3) is 0 Å². The van der Waals surface area contributed by atoms with Crippen LogP contribution in [0.2, 0.25) is 0 Å². The van der Waals surface area contributed by atoms with E-state index in [-0.39, 0.29) is 11.9 Å². The van der Waals surface area contributed by atoms with Crippen LogP contribution in [0.3, 0.4) is 0 Å². The summed E-state index contributed by atoms with van der Waals surface area (Å²) in [5, 5.41) is 8.58. The molecule has 2 saturated heterocycles. The minimum atomic E-state index is -0.322. The average molecular weight is 307 g/mol. The Balaban J connectivity index is 1.91. The summed E-state index contributed by atoms with van der Waals surface area (Å²) in [6.07, 6.45) is 5.00. The number of nitrogens with zero attached hydrogens (tertiary/aromatic N) is 1. The lowest BCUT2D eigenvalue weighted by Gasteiger charge is -2.24. The van der Waals surface area contributed by atoms with Crippen LogP contribution >= 0.6 is 22.6 Å². The smallest absolute Gasteiger partial charge is 0.169 e. The molecule has 2 heterocycles. The van der Waals surface area contributed by atoms with Gasteiger partial charge in [0.1, 0.15) is 0 Å². The lowest BCUT2D eigenvalue weighted by atomic mass is 10.1. The normalized spacial score (nSPS) is 41.7. The third-order valence-corrected chi connectivity index (χ3v) is 3.93. The van der Waals surface area contributed by atoms with E-state index in [0.29, 0.717) is 12.5 Å². The van der Waals surface area contributed by atoms with Crippen LogP contribution in [-0.2, 0) is 9.47 Å². The first-order chi connectivity index (χ1) is 6.78. The summed E-state index contributed by atoms with van der Waals surface area (Å²) < 4.78 is 12.8. The first-order valence-electron chi connectivity index (χ1n) is 5.06. The molecule has 2 aliphatic rings. The fourth-order valence-corrected chi connectivity index (χ4v) is 2.85. The summed E-state index contributed by atoms with van der Waals surface area (Å²) in [4.78, 5) is 0. The van der Waals surface area contributed by atoms with Gasteiger partial charge in [-0.3, -0.25) is 0 Å². The number of halogens is 1. The van der Waals surface area contributed by atoms with E-state index in [1.54, 1.807) is 0 Å². The van der Waals surface area contributed by atoms with E-state index in [1.165, 1.54) is 0 Å². The van der Waals surface area contributed by atoms with Gasteiger partial charge in [-0.15, -0.1) is 0 Å². The molecule has 0 aromatic heterocycles. The number of rotatable bonds is 2. The molecule has 1 spiro atoms. The monoisotopic (exact) mass is 307 g/mol. The lowest BCUT2D eigenvalue weighted by molar-refractivity contribution is -0.211. The van der Waals surface area contributed by atoms with Crippen LogP contribution in [0.4, 0.5) is 0 Å². The molecule has 0 aromatic rings. The molecule has 0 aliphatic carbocycles. The third kappa shape index (κ3) is 2.05. The molecule has 3 atom stereocenters. The van der Waals surface area contributed by atoms with Gasteiger partial charge < -0.3 is 9.47 Å². The van der Waals surface area contributed by atoms with E-state index in [1.807, 2.05) is 0 Å². The summed E-state index contributed by atoms with van der Waals surface area (Å²) in [7, 11) is 0. The largest absolute Gasteiger partial charge is 0.346 e. The van der Waals surface area contributed by atoms with E-state index in [2.05, 4.69) is 28.7 Å². The lowest BCUT2D eigenvalue weighted by Crippen LogP contribution is -2.29. The van der Waals surface area contributed by atoms with Crippen molar-refractivity contribution in [2.24, 2.45) is 0 Å². The zero-order chi connectivity index (χ0) is 10.0. The topological polar surface area (TPSA) is 42.2 Å². The Morgan fingerprint density at radius 1 is 1.29 bits per heavy atom. The highest BCUT2D eigenvalue weighted by Crippen LogP contribution is 2.42.